The van der Waals surface area contributed by atoms with E-state index in [9.17, 15) is 0 Å². The van der Waals surface area contributed by atoms with Crippen molar-refractivity contribution in [2.45, 2.75) is 51.9 Å². The summed E-state index contributed by atoms with van der Waals surface area (Å²) >= 11 is 0. The molecule has 0 rings (SSSR count). The highest BCUT2D eigenvalue weighted by Gasteiger charge is 2.02. The normalized spacial score (nSPS) is 12.3. The second-order valence-corrected chi connectivity index (χ2v) is 4.71. The molecule has 5 heteroatoms. The molecule has 1 atom stereocenters. The maximum atomic E-state index is 8.29. The second-order valence-electron chi connectivity index (χ2n) is 3.63. The van der Waals surface area contributed by atoms with Gasteiger partial charge in [-0.3, -0.25) is 5.50 Å². The van der Waals surface area contributed by atoms with Gasteiger partial charge < -0.3 is 9.05 Å². The van der Waals surface area contributed by atoms with Gasteiger partial charge in [0.1, 0.15) is 0 Å². The first-order valence-electron chi connectivity index (χ1n) is 5.98. The van der Waals surface area contributed by atoms with E-state index < -0.39 is 8.53 Å². The molecule has 0 radical (unpaired) electrons. The van der Waals surface area contributed by atoms with Crippen LogP contribution in [0.4, 0.5) is 0 Å². The molecular formula is C11H23N2O2P. The number of nitrogens with two attached hydrogens (primary N) is 1. The maximum Gasteiger partial charge on any atom is 0.252 e. The van der Waals surface area contributed by atoms with Crippen LogP contribution in [0.25, 0.3) is 0 Å². The first kappa shape index (κ1) is 15.8. The molecule has 0 amide bonds. The molecule has 4 nitrogen and oxygen atoms in total. The first-order valence-corrected chi connectivity index (χ1v) is 7.23. The number of nitriles is 1. The highest BCUT2D eigenvalue weighted by molar-refractivity contribution is 7.44. The number of hydrogen-bond acceptors (Lipinski definition) is 4. The Balaban J connectivity index is 3.09. The Kier molecular flexibility index (Phi) is 12.7. The van der Waals surface area contributed by atoms with Crippen LogP contribution in [0, 0.1) is 11.3 Å². The van der Waals surface area contributed by atoms with Crippen LogP contribution >= 0.6 is 8.53 Å². The average Bonchev–Trinajstić information content (AvgIpc) is 2.28. The number of nitrogens with zero attached hydrogens (tertiary/aromatic N) is 1. The summed E-state index contributed by atoms with van der Waals surface area (Å²) in [6.07, 6.45) is 7.79. The van der Waals surface area contributed by atoms with E-state index in [1.807, 2.05) is 6.07 Å². The Labute approximate surface area is 100 Å². The van der Waals surface area contributed by atoms with Gasteiger partial charge in [-0.25, -0.2) is 0 Å². The van der Waals surface area contributed by atoms with Crippen molar-refractivity contribution in [2.75, 3.05) is 13.2 Å². The van der Waals surface area contributed by atoms with Crippen LogP contribution in [0.2, 0.25) is 0 Å². The van der Waals surface area contributed by atoms with Gasteiger partial charge in [0.05, 0.1) is 25.7 Å². The Morgan fingerprint density at radius 2 is 1.69 bits per heavy atom. The number of unbranched alkanes of at least 4 members (excludes halogenated alkanes) is 5. The molecule has 0 saturated carbocycles. The molecular weight excluding hydrogens is 223 g/mol. The van der Waals surface area contributed by atoms with Crippen LogP contribution in [0.3, 0.4) is 0 Å². The molecule has 0 aliphatic heterocycles. The van der Waals surface area contributed by atoms with E-state index in [2.05, 4.69) is 6.92 Å². The molecule has 0 aliphatic carbocycles. The summed E-state index contributed by atoms with van der Waals surface area (Å²) in [7, 11) is -1.27. The fraction of sp³-hybridized carbons (Fsp3) is 0.909. The van der Waals surface area contributed by atoms with Crippen molar-refractivity contribution in [1.82, 2.24) is 0 Å². The minimum atomic E-state index is -1.27. The minimum Gasteiger partial charge on any atom is -0.322 e. The molecule has 0 aromatic heterocycles. The monoisotopic (exact) mass is 246 g/mol. The zero-order valence-corrected chi connectivity index (χ0v) is 11.0. The minimum absolute atomic E-state index is 0.370. The van der Waals surface area contributed by atoms with Crippen molar-refractivity contribution in [3.63, 3.8) is 0 Å². The molecule has 2 N–H and O–H groups in total. The van der Waals surface area contributed by atoms with Crippen molar-refractivity contribution in [3.05, 3.63) is 0 Å². The van der Waals surface area contributed by atoms with E-state index in [-0.39, 0.29) is 0 Å². The topological polar surface area (TPSA) is 68.3 Å². The first-order chi connectivity index (χ1) is 7.81. The van der Waals surface area contributed by atoms with E-state index in [0.29, 0.717) is 19.6 Å². The van der Waals surface area contributed by atoms with Gasteiger partial charge in [-0.15, -0.1) is 0 Å². The summed E-state index contributed by atoms with van der Waals surface area (Å²) in [6.45, 7) is 3.25. The third-order valence-electron chi connectivity index (χ3n) is 2.15. The lowest BCUT2D eigenvalue weighted by Crippen LogP contribution is -2.01. The Hall–Kier alpha value is -0.200. The standard InChI is InChI=1S/C11H23N2O2P/c1-2-3-4-5-6-7-10-14-16(13)15-11-8-9-12/h2-8,10-11,13H2,1H3. The fourth-order valence-electron chi connectivity index (χ4n) is 1.26. The summed E-state index contributed by atoms with van der Waals surface area (Å²) in [5.41, 5.74) is 5.59. The quantitative estimate of drug-likeness (QED) is 0.447. The molecule has 94 valence electrons. The van der Waals surface area contributed by atoms with Crippen molar-refractivity contribution in [1.29, 1.82) is 5.26 Å². The Morgan fingerprint density at radius 1 is 1.06 bits per heavy atom. The van der Waals surface area contributed by atoms with Crippen molar-refractivity contribution < 1.29 is 9.05 Å². The van der Waals surface area contributed by atoms with Crippen LogP contribution in [0.5, 0.6) is 0 Å². The highest BCUT2D eigenvalue weighted by atomic mass is 31.2. The summed E-state index contributed by atoms with van der Waals surface area (Å²) in [4.78, 5) is 0. The Morgan fingerprint density at radius 3 is 2.38 bits per heavy atom. The largest absolute Gasteiger partial charge is 0.322 e. The molecule has 0 aromatic carbocycles. The van der Waals surface area contributed by atoms with Gasteiger partial charge in [0.25, 0.3) is 8.53 Å². The van der Waals surface area contributed by atoms with E-state index in [4.69, 9.17) is 19.8 Å². The van der Waals surface area contributed by atoms with Crippen LogP contribution in [-0.2, 0) is 9.05 Å². The third kappa shape index (κ3) is 11.9. The average molecular weight is 246 g/mol. The number of rotatable bonds is 11. The zero-order valence-electron chi connectivity index (χ0n) is 10.2. The van der Waals surface area contributed by atoms with Gasteiger partial charge >= 0.3 is 0 Å². The summed E-state index contributed by atoms with van der Waals surface area (Å²) in [6, 6.07) is 1.99. The van der Waals surface area contributed by atoms with Crippen LogP contribution in [-0.4, -0.2) is 13.2 Å². The predicted octanol–water partition coefficient (Wildman–Crippen LogP) is 3.48. The van der Waals surface area contributed by atoms with Crippen LogP contribution in [0.15, 0.2) is 0 Å². The van der Waals surface area contributed by atoms with Gasteiger partial charge in [-0.1, -0.05) is 39.0 Å². The SMILES string of the molecule is CCCCCCCCOP(N)OCCC#N. The molecule has 16 heavy (non-hydrogen) atoms. The highest BCUT2D eigenvalue weighted by Crippen LogP contribution is 2.28. The lowest BCUT2D eigenvalue weighted by molar-refractivity contribution is 0.248. The van der Waals surface area contributed by atoms with Gasteiger partial charge in [0.2, 0.25) is 0 Å². The van der Waals surface area contributed by atoms with Gasteiger partial charge in [-0.05, 0) is 6.42 Å². The van der Waals surface area contributed by atoms with E-state index in [1.165, 1.54) is 32.1 Å². The third-order valence-corrected chi connectivity index (χ3v) is 3.02. The van der Waals surface area contributed by atoms with E-state index in [0.717, 1.165) is 6.42 Å². The van der Waals surface area contributed by atoms with Crippen LogP contribution in [0.1, 0.15) is 51.9 Å². The number of hydrogen-bond donors (Lipinski definition) is 1. The molecule has 1 unspecified atom stereocenters. The Bertz CT molecular complexity index is 185. The zero-order chi connectivity index (χ0) is 12.1. The lowest BCUT2D eigenvalue weighted by Gasteiger charge is -2.10. The molecule has 0 aliphatic rings. The van der Waals surface area contributed by atoms with E-state index >= 15 is 0 Å². The molecule has 0 saturated heterocycles. The molecule has 0 fully saturated rings. The molecule has 0 bridgehead atoms. The predicted molar refractivity (Wildman–Crippen MR) is 66.6 cm³/mol. The van der Waals surface area contributed by atoms with Crippen molar-refractivity contribution in [3.8, 4) is 6.07 Å². The fourth-order valence-corrected chi connectivity index (χ4v) is 1.91. The van der Waals surface area contributed by atoms with E-state index in [1.54, 1.807) is 0 Å². The second kappa shape index (κ2) is 12.9. The van der Waals surface area contributed by atoms with Crippen LogP contribution < -0.4 is 5.50 Å². The summed E-state index contributed by atoms with van der Waals surface area (Å²) in [5.74, 6) is 0. The molecule has 0 heterocycles. The van der Waals surface area contributed by atoms with Gasteiger partial charge in [0.15, 0.2) is 0 Å². The smallest absolute Gasteiger partial charge is 0.252 e. The lowest BCUT2D eigenvalue weighted by atomic mass is 10.1. The van der Waals surface area contributed by atoms with Gasteiger partial charge in [0, 0.05) is 0 Å². The maximum absolute atomic E-state index is 8.29. The summed E-state index contributed by atoms with van der Waals surface area (Å²) < 4.78 is 10.4. The molecule has 0 spiro atoms. The van der Waals surface area contributed by atoms with Crippen molar-refractivity contribution >= 4 is 8.53 Å². The van der Waals surface area contributed by atoms with Crippen molar-refractivity contribution in [2.24, 2.45) is 5.50 Å². The van der Waals surface area contributed by atoms with Gasteiger partial charge in [-0.2, -0.15) is 5.26 Å². The molecule has 0 aromatic rings. The summed E-state index contributed by atoms with van der Waals surface area (Å²) in [5, 5.41) is 8.29.